The van der Waals surface area contributed by atoms with Gasteiger partial charge in [0, 0.05) is 12.1 Å². The lowest BCUT2D eigenvalue weighted by Gasteiger charge is -2.28. The molecule has 0 spiro atoms. The first-order chi connectivity index (χ1) is 15.5. The maximum absolute atomic E-state index is 13.4. The summed E-state index contributed by atoms with van der Waals surface area (Å²) in [6.45, 7) is 0.174. The fraction of sp³-hybridized carbons (Fsp3) is 0.167. The van der Waals surface area contributed by atoms with Gasteiger partial charge in [0.2, 0.25) is 5.91 Å². The van der Waals surface area contributed by atoms with E-state index in [1.54, 1.807) is 17.2 Å². The maximum Gasteiger partial charge on any atom is 0.269 e. The van der Waals surface area contributed by atoms with Gasteiger partial charge < -0.3 is 0 Å². The molecule has 0 radical (unpaired) electrons. The average molecular weight is 429 g/mol. The third kappa shape index (κ3) is 3.30. The van der Waals surface area contributed by atoms with Gasteiger partial charge in [-0.1, -0.05) is 60.7 Å². The van der Waals surface area contributed by atoms with E-state index < -0.39 is 23.0 Å². The minimum atomic E-state index is -0.952. The Morgan fingerprint density at radius 3 is 2.09 bits per heavy atom. The predicted octanol–water partition coefficient (Wildman–Crippen LogP) is 3.64. The highest BCUT2D eigenvalue weighted by Gasteiger charge is 2.59. The maximum atomic E-state index is 13.4. The number of nitro groups is 1. The number of fused-ring (bicyclic) bond motifs is 1. The molecule has 2 aliphatic rings. The monoisotopic (exact) mass is 429 g/mol. The van der Waals surface area contributed by atoms with Crippen LogP contribution in [0, 0.1) is 16.0 Å². The molecule has 3 aromatic carbocycles. The van der Waals surface area contributed by atoms with Crippen LogP contribution in [0.5, 0.6) is 0 Å². The average Bonchev–Trinajstić information content (AvgIpc) is 3.32. The number of anilines is 1. The fourth-order valence-corrected chi connectivity index (χ4v) is 4.32. The van der Waals surface area contributed by atoms with Gasteiger partial charge in [-0.25, -0.2) is 5.06 Å². The summed E-state index contributed by atoms with van der Waals surface area (Å²) in [7, 11) is 0. The molecule has 3 atom stereocenters. The van der Waals surface area contributed by atoms with Gasteiger partial charge in [0.05, 0.1) is 23.2 Å². The zero-order chi connectivity index (χ0) is 22.2. The number of carbonyl (C=O) groups is 2. The van der Waals surface area contributed by atoms with Gasteiger partial charge in [0.25, 0.3) is 11.6 Å². The van der Waals surface area contributed by atoms with Crippen LogP contribution in [-0.4, -0.2) is 27.7 Å². The predicted molar refractivity (Wildman–Crippen MR) is 115 cm³/mol. The molecule has 8 nitrogen and oxygen atoms in total. The largest absolute Gasteiger partial charge is 0.275 e. The zero-order valence-corrected chi connectivity index (χ0v) is 16.9. The van der Waals surface area contributed by atoms with Crippen molar-refractivity contribution in [1.82, 2.24) is 4.90 Å². The Morgan fingerprint density at radius 2 is 1.47 bits per heavy atom. The lowest BCUT2D eigenvalue weighted by atomic mass is 9.90. The Kier molecular flexibility index (Phi) is 4.91. The molecule has 5 rings (SSSR count). The molecule has 0 aromatic heterocycles. The molecule has 2 saturated heterocycles. The summed E-state index contributed by atoms with van der Waals surface area (Å²) in [6.07, 6.45) is -0.952. The zero-order valence-electron chi connectivity index (χ0n) is 16.9. The van der Waals surface area contributed by atoms with E-state index in [1.165, 1.54) is 17.0 Å². The van der Waals surface area contributed by atoms with Crippen LogP contribution >= 0.6 is 0 Å². The number of amides is 2. The number of hydrogen-bond donors (Lipinski definition) is 0. The van der Waals surface area contributed by atoms with Gasteiger partial charge in [-0.05, 0) is 23.3 Å². The summed E-state index contributed by atoms with van der Waals surface area (Å²) in [6, 6.07) is 23.9. The van der Waals surface area contributed by atoms with Crippen molar-refractivity contribution in [2.75, 3.05) is 5.06 Å². The Labute approximate surface area is 183 Å². The van der Waals surface area contributed by atoms with Crippen LogP contribution in [0.1, 0.15) is 17.2 Å². The first kappa shape index (κ1) is 19.9. The van der Waals surface area contributed by atoms with Crippen molar-refractivity contribution >= 4 is 23.2 Å². The standard InChI is InChI=1S/C24H19N3O5/c28-23-20-21(17-11-13-19(14-12-17)27(30)31)26(18-9-5-2-6-10-18)32-22(20)24(29)25(23)15-16-7-3-1-4-8-16/h1-14,20-22H,15H2/t20-,21+,22+/m1/s1. The van der Waals surface area contributed by atoms with E-state index in [-0.39, 0.29) is 24.0 Å². The smallest absolute Gasteiger partial charge is 0.269 e. The van der Waals surface area contributed by atoms with Gasteiger partial charge in [0.1, 0.15) is 5.92 Å². The SMILES string of the molecule is O=C1[C@H]2[C@H](ON(c3ccccc3)[C@H]2c2ccc([N+](=O)[O-])cc2)C(=O)N1Cc1ccccc1. The third-order valence-corrected chi connectivity index (χ3v) is 5.85. The lowest BCUT2D eigenvalue weighted by molar-refractivity contribution is -0.384. The minimum Gasteiger partial charge on any atom is -0.275 e. The number of carbonyl (C=O) groups excluding carboxylic acids is 2. The van der Waals surface area contributed by atoms with Gasteiger partial charge in [-0.3, -0.25) is 29.4 Å². The van der Waals surface area contributed by atoms with E-state index in [0.29, 0.717) is 11.3 Å². The minimum absolute atomic E-state index is 0.0463. The first-order valence-electron chi connectivity index (χ1n) is 10.2. The quantitative estimate of drug-likeness (QED) is 0.349. The second-order valence-electron chi connectivity index (χ2n) is 7.75. The Hall–Kier alpha value is -4.04. The van der Waals surface area contributed by atoms with Gasteiger partial charge >= 0.3 is 0 Å². The summed E-state index contributed by atoms with van der Waals surface area (Å²) in [5, 5.41) is 12.7. The number of nitro benzene ring substituents is 1. The molecule has 0 aliphatic carbocycles. The molecular weight excluding hydrogens is 410 g/mol. The molecule has 2 amide bonds. The number of rotatable bonds is 5. The van der Waals surface area contributed by atoms with Crippen LogP contribution in [0.2, 0.25) is 0 Å². The molecule has 8 heteroatoms. The van der Waals surface area contributed by atoms with Gasteiger partial charge in [-0.15, -0.1) is 0 Å². The first-order valence-corrected chi connectivity index (χ1v) is 10.2. The number of benzene rings is 3. The number of imide groups is 1. The molecule has 2 heterocycles. The van der Waals surface area contributed by atoms with Crippen molar-refractivity contribution in [3.05, 3.63) is 106 Å². The lowest BCUT2D eigenvalue weighted by Crippen LogP contribution is -2.36. The van der Waals surface area contributed by atoms with Crippen LogP contribution in [0.25, 0.3) is 0 Å². The summed E-state index contributed by atoms with van der Waals surface area (Å²) in [5.41, 5.74) is 2.16. The molecule has 0 saturated carbocycles. The van der Waals surface area contributed by atoms with E-state index in [0.717, 1.165) is 5.56 Å². The van der Waals surface area contributed by atoms with Crippen molar-refractivity contribution < 1.29 is 19.3 Å². The molecule has 32 heavy (non-hydrogen) atoms. The van der Waals surface area contributed by atoms with Crippen molar-refractivity contribution in [3.63, 3.8) is 0 Å². The van der Waals surface area contributed by atoms with E-state index in [4.69, 9.17) is 4.84 Å². The van der Waals surface area contributed by atoms with Gasteiger partial charge in [0.15, 0.2) is 6.10 Å². The van der Waals surface area contributed by atoms with Crippen LogP contribution in [0.15, 0.2) is 84.9 Å². The molecule has 3 aromatic rings. The van der Waals surface area contributed by atoms with Crippen LogP contribution < -0.4 is 5.06 Å². The molecular formula is C24H19N3O5. The van der Waals surface area contributed by atoms with Crippen LogP contribution in [-0.2, 0) is 21.0 Å². The Bertz CT molecular complexity index is 1170. The second kappa shape index (κ2) is 7.90. The molecule has 0 bridgehead atoms. The van der Waals surface area contributed by atoms with Crippen molar-refractivity contribution in [2.24, 2.45) is 5.92 Å². The highest BCUT2D eigenvalue weighted by Crippen LogP contribution is 2.47. The third-order valence-electron chi connectivity index (χ3n) is 5.85. The second-order valence-corrected chi connectivity index (χ2v) is 7.75. The van der Waals surface area contributed by atoms with E-state index in [9.17, 15) is 19.7 Å². The molecule has 160 valence electrons. The van der Waals surface area contributed by atoms with Crippen LogP contribution in [0.4, 0.5) is 11.4 Å². The molecule has 0 N–H and O–H groups in total. The normalized spacial score (nSPS) is 22.3. The Balaban J connectivity index is 1.52. The highest BCUT2D eigenvalue weighted by molar-refractivity contribution is 6.07. The van der Waals surface area contributed by atoms with E-state index in [1.807, 2.05) is 60.7 Å². The molecule has 2 aliphatic heterocycles. The fourth-order valence-electron chi connectivity index (χ4n) is 4.32. The summed E-state index contributed by atoms with van der Waals surface area (Å²) in [4.78, 5) is 44.5. The van der Waals surface area contributed by atoms with E-state index >= 15 is 0 Å². The van der Waals surface area contributed by atoms with E-state index in [2.05, 4.69) is 0 Å². The van der Waals surface area contributed by atoms with Crippen molar-refractivity contribution in [2.45, 2.75) is 18.7 Å². The van der Waals surface area contributed by atoms with Crippen molar-refractivity contribution in [1.29, 1.82) is 0 Å². The highest BCUT2D eigenvalue weighted by atomic mass is 16.7. The number of hydroxylamine groups is 1. The molecule has 2 fully saturated rings. The van der Waals surface area contributed by atoms with Crippen molar-refractivity contribution in [3.8, 4) is 0 Å². The number of hydrogen-bond acceptors (Lipinski definition) is 6. The Morgan fingerprint density at radius 1 is 0.844 bits per heavy atom. The summed E-state index contributed by atoms with van der Waals surface area (Å²) in [5.74, 6) is -1.45. The number of para-hydroxylation sites is 1. The molecule has 0 unspecified atom stereocenters. The number of non-ortho nitro benzene ring substituents is 1. The van der Waals surface area contributed by atoms with Gasteiger partial charge in [-0.2, -0.15) is 0 Å². The summed E-state index contributed by atoms with van der Waals surface area (Å²) >= 11 is 0. The topological polar surface area (TPSA) is 93.0 Å². The number of nitrogens with zero attached hydrogens (tertiary/aromatic N) is 3. The van der Waals surface area contributed by atoms with Crippen LogP contribution in [0.3, 0.4) is 0 Å². The summed E-state index contributed by atoms with van der Waals surface area (Å²) < 4.78 is 0. The number of likely N-dealkylation sites (tertiary alicyclic amines) is 1.